The van der Waals surface area contributed by atoms with Gasteiger partial charge in [0.25, 0.3) is 0 Å². The summed E-state index contributed by atoms with van der Waals surface area (Å²) in [5.41, 5.74) is -2.06. The molecule has 1 unspecified atom stereocenters. The van der Waals surface area contributed by atoms with Crippen LogP contribution in [-0.2, 0) is 11.3 Å². The Kier molecular flexibility index (Phi) is 4.06. The Morgan fingerprint density at radius 1 is 1.50 bits per heavy atom. The van der Waals surface area contributed by atoms with E-state index in [0.29, 0.717) is 5.69 Å². The van der Waals surface area contributed by atoms with Crippen LogP contribution in [-0.4, -0.2) is 40.2 Å². The normalized spacial score (nSPS) is 24.0. The number of alkyl halides is 3. The molecule has 0 saturated carbocycles. The molecule has 0 spiro atoms. The van der Waals surface area contributed by atoms with Crippen molar-refractivity contribution in [3.8, 4) is 0 Å². The molecule has 0 bridgehead atoms. The number of rotatable bonds is 3. The quantitative estimate of drug-likeness (QED) is 0.908. The molecule has 1 aliphatic heterocycles. The molecule has 110 valence electrons. The number of likely N-dealkylation sites (tertiary alicyclic amines) is 1. The van der Waals surface area contributed by atoms with Crippen LogP contribution in [0.15, 0.2) is 22.8 Å². The number of aliphatic carboxylic acids is 1. The highest BCUT2D eigenvalue weighted by Crippen LogP contribution is 2.45. The first-order chi connectivity index (χ1) is 9.24. The average Bonchev–Trinajstić information content (AvgIpc) is 2.77. The van der Waals surface area contributed by atoms with E-state index in [2.05, 4.69) is 20.9 Å². The zero-order chi connectivity index (χ0) is 15.0. The smallest absolute Gasteiger partial charge is 0.406 e. The number of pyridine rings is 1. The summed E-state index contributed by atoms with van der Waals surface area (Å²) in [6.07, 6.45) is -3.62. The van der Waals surface area contributed by atoms with Gasteiger partial charge in [-0.25, -0.2) is 0 Å². The van der Waals surface area contributed by atoms with Gasteiger partial charge in [-0.05, 0) is 34.5 Å². The summed E-state index contributed by atoms with van der Waals surface area (Å²) in [4.78, 5) is 16.6. The molecule has 1 N–H and O–H groups in total. The minimum atomic E-state index is -4.75. The van der Waals surface area contributed by atoms with E-state index in [1.807, 2.05) is 0 Å². The summed E-state index contributed by atoms with van der Waals surface area (Å²) in [5.74, 6) is -1.81. The second-order valence-corrected chi connectivity index (χ2v) is 5.73. The fourth-order valence-electron chi connectivity index (χ4n) is 2.28. The van der Waals surface area contributed by atoms with Gasteiger partial charge in [0.1, 0.15) is 0 Å². The topological polar surface area (TPSA) is 53.4 Å². The summed E-state index contributed by atoms with van der Waals surface area (Å²) < 4.78 is 39.8. The summed E-state index contributed by atoms with van der Waals surface area (Å²) in [7, 11) is 0. The number of carbonyl (C=O) groups is 1. The van der Waals surface area contributed by atoms with Crippen molar-refractivity contribution in [2.24, 2.45) is 5.41 Å². The maximum Gasteiger partial charge on any atom is 0.406 e. The molecule has 4 nitrogen and oxygen atoms in total. The van der Waals surface area contributed by atoms with Crippen LogP contribution in [0.5, 0.6) is 0 Å². The molecule has 20 heavy (non-hydrogen) atoms. The molecule has 1 aromatic heterocycles. The third kappa shape index (κ3) is 2.80. The number of halogens is 4. The van der Waals surface area contributed by atoms with Crippen LogP contribution in [0, 0.1) is 5.41 Å². The van der Waals surface area contributed by atoms with Gasteiger partial charge in [-0.2, -0.15) is 13.2 Å². The van der Waals surface area contributed by atoms with Crippen LogP contribution in [0.1, 0.15) is 12.1 Å². The second kappa shape index (κ2) is 5.33. The first kappa shape index (κ1) is 15.2. The van der Waals surface area contributed by atoms with E-state index in [9.17, 15) is 18.0 Å². The van der Waals surface area contributed by atoms with Crippen LogP contribution < -0.4 is 0 Å². The third-order valence-electron chi connectivity index (χ3n) is 3.47. The fraction of sp³-hybridized carbons (Fsp3) is 0.500. The minimum Gasteiger partial charge on any atom is -0.481 e. The lowest BCUT2D eigenvalue weighted by Crippen LogP contribution is -2.47. The van der Waals surface area contributed by atoms with Gasteiger partial charge in [-0.1, -0.05) is 0 Å². The molecule has 1 fully saturated rings. The summed E-state index contributed by atoms with van der Waals surface area (Å²) in [6.45, 7) is -0.245. The highest BCUT2D eigenvalue weighted by atomic mass is 79.9. The number of nitrogens with zero attached hydrogens (tertiary/aromatic N) is 2. The molecule has 1 aliphatic rings. The van der Waals surface area contributed by atoms with Gasteiger partial charge in [0.15, 0.2) is 5.41 Å². The standard InChI is InChI=1S/C12H12BrF3N2O2/c13-8-1-2-9(17-5-8)6-18-4-3-11(7-18,10(19)20)12(14,15)16/h1-2,5H,3-4,6-7H2,(H,19,20). The van der Waals surface area contributed by atoms with Crippen molar-refractivity contribution in [2.75, 3.05) is 13.1 Å². The molecule has 1 atom stereocenters. The van der Waals surface area contributed by atoms with Gasteiger partial charge >= 0.3 is 12.1 Å². The minimum absolute atomic E-state index is 0.0869. The van der Waals surface area contributed by atoms with Crippen LogP contribution in [0.3, 0.4) is 0 Å². The van der Waals surface area contributed by atoms with Gasteiger partial charge in [-0.15, -0.1) is 0 Å². The number of aromatic nitrogens is 1. The number of hydrogen-bond acceptors (Lipinski definition) is 3. The van der Waals surface area contributed by atoms with Crippen molar-refractivity contribution < 1.29 is 23.1 Å². The predicted octanol–water partition coefficient (Wildman–Crippen LogP) is 2.68. The lowest BCUT2D eigenvalue weighted by atomic mass is 9.86. The largest absolute Gasteiger partial charge is 0.481 e. The van der Waals surface area contributed by atoms with Gasteiger partial charge in [0.2, 0.25) is 0 Å². The van der Waals surface area contributed by atoms with Crippen molar-refractivity contribution in [1.29, 1.82) is 0 Å². The Morgan fingerprint density at radius 3 is 2.65 bits per heavy atom. The zero-order valence-corrected chi connectivity index (χ0v) is 11.9. The Labute approximate surface area is 121 Å². The monoisotopic (exact) mass is 352 g/mol. The average molecular weight is 353 g/mol. The maximum atomic E-state index is 13.0. The number of hydrogen-bond donors (Lipinski definition) is 1. The highest BCUT2D eigenvalue weighted by Gasteiger charge is 2.63. The van der Waals surface area contributed by atoms with E-state index in [-0.39, 0.29) is 13.1 Å². The molecule has 0 amide bonds. The van der Waals surface area contributed by atoms with E-state index in [4.69, 9.17) is 5.11 Å². The van der Waals surface area contributed by atoms with Crippen LogP contribution >= 0.6 is 15.9 Å². The van der Waals surface area contributed by atoms with E-state index < -0.39 is 30.5 Å². The van der Waals surface area contributed by atoms with Crippen molar-refractivity contribution in [3.63, 3.8) is 0 Å². The molecule has 8 heteroatoms. The Bertz CT molecular complexity index is 506. The molecular formula is C12H12BrF3N2O2. The third-order valence-corrected chi connectivity index (χ3v) is 3.94. The molecule has 0 aliphatic carbocycles. The summed E-state index contributed by atoms with van der Waals surface area (Å²) in [5, 5.41) is 8.95. The highest BCUT2D eigenvalue weighted by molar-refractivity contribution is 9.10. The molecule has 1 aromatic rings. The van der Waals surface area contributed by atoms with E-state index in [0.717, 1.165) is 4.47 Å². The lowest BCUT2D eigenvalue weighted by molar-refractivity contribution is -0.227. The van der Waals surface area contributed by atoms with E-state index in [1.165, 1.54) is 4.90 Å². The van der Waals surface area contributed by atoms with Crippen molar-refractivity contribution >= 4 is 21.9 Å². The van der Waals surface area contributed by atoms with Crippen molar-refractivity contribution in [1.82, 2.24) is 9.88 Å². The number of carboxylic acids is 1. The van der Waals surface area contributed by atoms with Gasteiger partial charge in [0, 0.05) is 30.3 Å². The molecular weight excluding hydrogens is 341 g/mol. The van der Waals surface area contributed by atoms with E-state index >= 15 is 0 Å². The van der Waals surface area contributed by atoms with Crippen LogP contribution in [0.25, 0.3) is 0 Å². The molecule has 1 saturated heterocycles. The van der Waals surface area contributed by atoms with E-state index in [1.54, 1.807) is 18.3 Å². The molecule has 0 radical (unpaired) electrons. The van der Waals surface area contributed by atoms with Crippen molar-refractivity contribution in [2.45, 2.75) is 19.1 Å². The van der Waals surface area contributed by atoms with Gasteiger partial charge < -0.3 is 5.11 Å². The van der Waals surface area contributed by atoms with Crippen LogP contribution in [0.4, 0.5) is 13.2 Å². The molecule has 0 aromatic carbocycles. The van der Waals surface area contributed by atoms with Gasteiger partial charge in [0.05, 0.1) is 5.69 Å². The van der Waals surface area contributed by atoms with Crippen molar-refractivity contribution in [3.05, 3.63) is 28.5 Å². The summed E-state index contributed by atoms with van der Waals surface area (Å²) >= 11 is 3.22. The lowest BCUT2D eigenvalue weighted by Gasteiger charge is -2.27. The first-order valence-corrected chi connectivity index (χ1v) is 6.67. The zero-order valence-electron chi connectivity index (χ0n) is 10.3. The fourth-order valence-corrected chi connectivity index (χ4v) is 2.51. The predicted molar refractivity (Wildman–Crippen MR) is 68.0 cm³/mol. The molecule has 2 rings (SSSR count). The molecule has 2 heterocycles. The summed E-state index contributed by atoms with van der Waals surface area (Å²) in [6, 6.07) is 3.44. The first-order valence-electron chi connectivity index (χ1n) is 5.87. The number of carboxylic acid groups (broad SMARTS) is 1. The van der Waals surface area contributed by atoms with Gasteiger partial charge in [-0.3, -0.25) is 14.7 Å². The van der Waals surface area contributed by atoms with Crippen LogP contribution in [0.2, 0.25) is 0 Å². The Balaban J connectivity index is 2.11. The maximum absolute atomic E-state index is 13.0. The second-order valence-electron chi connectivity index (χ2n) is 4.81. The SMILES string of the molecule is O=C(O)C1(C(F)(F)F)CCN(Cc2ccc(Br)cn2)C1. The Morgan fingerprint density at radius 2 is 2.20 bits per heavy atom. The Hall–Kier alpha value is -1.15.